The van der Waals surface area contributed by atoms with Gasteiger partial charge in [0.2, 0.25) is 5.91 Å². The van der Waals surface area contributed by atoms with E-state index in [2.05, 4.69) is 10.3 Å². The zero-order valence-electron chi connectivity index (χ0n) is 16.5. The van der Waals surface area contributed by atoms with Gasteiger partial charge in [-0.1, -0.05) is 18.2 Å². The van der Waals surface area contributed by atoms with Gasteiger partial charge in [0.15, 0.2) is 0 Å². The summed E-state index contributed by atoms with van der Waals surface area (Å²) in [6.07, 6.45) is 4.69. The number of thioether (sulfide) groups is 1. The van der Waals surface area contributed by atoms with Gasteiger partial charge >= 0.3 is 0 Å². The first-order valence-corrected chi connectivity index (χ1v) is 10.9. The molecule has 0 unspecified atom stereocenters. The highest BCUT2D eigenvalue weighted by atomic mass is 32.2. The smallest absolute Gasteiger partial charge is 0.235 e. The summed E-state index contributed by atoms with van der Waals surface area (Å²) in [5.41, 5.74) is 1.81. The van der Waals surface area contributed by atoms with Gasteiger partial charge in [-0.15, -0.1) is 11.8 Å². The number of hydrogen-bond acceptors (Lipinski definition) is 4. The second-order valence-corrected chi connectivity index (χ2v) is 8.38. The van der Waals surface area contributed by atoms with Crippen LogP contribution in [-0.4, -0.2) is 24.1 Å². The number of rotatable bonds is 6. The molecule has 1 N–H and O–H groups in total. The summed E-state index contributed by atoms with van der Waals surface area (Å²) < 4.78 is 19.3. The quantitative estimate of drug-likeness (QED) is 0.555. The average molecular weight is 423 g/mol. The van der Waals surface area contributed by atoms with Crippen molar-refractivity contribution in [3.63, 3.8) is 0 Å². The highest BCUT2D eigenvalue weighted by molar-refractivity contribution is 7.98. The fourth-order valence-corrected chi connectivity index (χ4v) is 4.52. The highest BCUT2D eigenvalue weighted by Gasteiger charge is 2.42. The summed E-state index contributed by atoms with van der Waals surface area (Å²) in [7, 11) is 0. The van der Waals surface area contributed by atoms with Crippen molar-refractivity contribution in [3.8, 4) is 0 Å². The van der Waals surface area contributed by atoms with Crippen LogP contribution in [0.3, 0.4) is 0 Å². The number of ether oxygens (including phenoxy) is 1. The van der Waals surface area contributed by atoms with Crippen LogP contribution in [-0.2, 0) is 20.7 Å². The number of benzene rings is 2. The third-order valence-corrected chi connectivity index (χ3v) is 6.48. The molecule has 1 fully saturated rings. The fourth-order valence-electron chi connectivity index (χ4n) is 3.69. The predicted octanol–water partition coefficient (Wildman–Crippen LogP) is 5.20. The molecule has 154 valence electrons. The Labute approximate surface area is 179 Å². The van der Waals surface area contributed by atoms with E-state index in [-0.39, 0.29) is 11.7 Å². The second kappa shape index (κ2) is 9.41. The van der Waals surface area contributed by atoms with Crippen LogP contribution in [0.1, 0.15) is 24.0 Å². The minimum atomic E-state index is -0.784. The Kier molecular flexibility index (Phi) is 6.45. The normalized spacial score (nSPS) is 15.5. The van der Waals surface area contributed by atoms with Crippen LogP contribution >= 0.6 is 11.8 Å². The van der Waals surface area contributed by atoms with Crippen molar-refractivity contribution < 1.29 is 13.9 Å². The van der Waals surface area contributed by atoms with E-state index in [0.29, 0.717) is 31.6 Å². The minimum absolute atomic E-state index is 0.118. The molecule has 1 aliphatic heterocycles. The molecule has 2 aromatic carbocycles. The maximum Gasteiger partial charge on any atom is 0.235 e. The lowest BCUT2D eigenvalue weighted by Crippen LogP contribution is -2.44. The van der Waals surface area contributed by atoms with Crippen LogP contribution < -0.4 is 5.32 Å². The van der Waals surface area contributed by atoms with E-state index in [1.54, 1.807) is 24.0 Å². The number of halogens is 1. The number of amides is 1. The van der Waals surface area contributed by atoms with Crippen LogP contribution in [0.2, 0.25) is 0 Å². The fraction of sp³-hybridized carbons (Fsp3) is 0.250. The van der Waals surface area contributed by atoms with Crippen molar-refractivity contribution in [2.75, 3.05) is 18.5 Å². The molecular formula is C24H23FN2O2S. The largest absolute Gasteiger partial charge is 0.381 e. The van der Waals surface area contributed by atoms with E-state index < -0.39 is 5.41 Å². The zero-order chi connectivity index (χ0) is 20.8. The number of anilines is 1. The predicted molar refractivity (Wildman–Crippen MR) is 117 cm³/mol. The van der Waals surface area contributed by atoms with Gasteiger partial charge in [-0.2, -0.15) is 0 Å². The van der Waals surface area contributed by atoms with Gasteiger partial charge in [-0.3, -0.25) is 9.78 Å². The number of hydrogen-bond donors (Lipinski definition) is 1. The third kappa shape index (κ3) is 4.71. The molecule has 2 heterocycles. The van der Waals surface area contributed by atoms with E-state index in [1.165, 1.54) is 12.1 Å². The number of nitrogens with one attached hydrogen (secondary N) is 1. The first-order chi connectivity index (χ1) is 14.7. The molecule has 4 rings (SSSR count). The van der Waals surface area contributed by atoms with Crippen LogP contribution in [0.15, 0.2) is 78.0 Å². The van der Waals surface area contributed by atoms with Gasteiger partial charge < -0.3 is 10.1 Å². The number of pyridine rings is 1. The second-order valence-electron chi connectivity index (χ2n) is 7.33. The summed E-state index contributed by atoms with van der Waals surface area (Å²) in [6.45, 7) is 0.960. The van der Waals surface area contributed by atoms with Gasteiger partial charge in [-0.25, -0.2) is 4.39 Å². The van der Waals surface area contributed by atoms with Gasteiger partial charge in [0.25, 0.3) is 0 Å². The van der Waals surface area contributed by atoms with Crippen molar-refractivity contribution in [2.45, 2.75) is 28.9 Å². The molecule has 1 aromatic heterocycles. The monoisotopic (exact) mass is 422 g/mol. The number of carbonyl (C=O) groups excluding carboxylic acids is 1. The summed E-state index contributed by atoms with van der Waals surface area (Å²) in [6, 6.07) is 18.1. The Morgan fingerprint density at radius 1 is 1.10 bits per heavy atom. The number of nitrogens with zero attached hydrogens (tertiary/aromatic N) is 1. The Bertz CT molecular complexity index is 990. The van der Waals surface area contributed by atoms with Gasteiger partial charge in [0.05, 0.1) is 5.41 Å². The maximum atomic E-state index is 13.9. The molecule has 1 amide bonds. The molecule has 3 aromatic rings. The Balaban J connectivity index is 1.46. The standard InChI is InChI=1S/C24H23FN2O2S/c25-20-5-1-4-19(15-20)24(10-13-29-14-11-24)23(28)27-21-6-8-22(9-7-21)30-17-18-3-2-12-26-16-18/h1-9,12,15-16H,10-11,13-14,17H2,(H,27,28). The Morgan fingerprint density at radius 2 is 1.90 bits per heavy atom. The molecule has 0 bridgehead atoms. The van der Waals surface area contributed by atoms with Crippen LogP contribution in [0.4, 0.5) is 10.1 Å². The summed E-state index contributed by atoms with van der Waals surface area (Å²) in [5.74, 6) is 0.385. The lowest BCUT2D eigenvalue weighted by atomic mass is 9.73. The molecule has 0 aliphatic carbocycles. The van der Waals surface area contributed by atoms with Crippen molar-refractivity contribution in [2.24, 2.45) is 0 Å². The van der Waals surface area contributed by atoms with Crippen molar-refractivity contribution in [1.82, 2.24) is 4.98 Å². The molecule has 1 aliphatic rings. The van der Waals surface area contributed by atoms with E-state index in [1.807, 2.05) is 48.7 Å². The third-order valence-electron chi connectivity index (χ3n) is 5.40. The van der Waals surface area contributed by atoms with Gasteiger partial charge in [0.1, 0.15) is 5.82 Å². The molecule has 0 spiro atoms. The van der Waals surface area contributed by atoms with Crippen LogP contribution in [0, 0.1) is 5.82 Å². The van der Waals surface area contributed by atoms with E-state index >= 15 is 0 Å². The van der Waals surface area contributed by atoms with Crippen molar-refractivity contribution in [3.05, 3.63) is 90.0 Å². The topological polar surface area (TPSA) is 51.2 Å². The molecule has 6 heteroatoms. The van der Waals surface area contributed by atoms with E-state index in [9.17, 15) is 9.18 Å². The van der Waals surface area contributed by atoms with Gasteiger partial charge in [0, 0.05) is 41.9 Å². The zero-order valence-corrected chi connectivity index (χ0v) is 17.3. The summed E-state index contributed by atoms with van der Waals surface area (Å²) >= 11 is 1.72. The lowest BCUT2D eigenvalue weighted by Gasteiger charge is -2.36. The number of aromatic nitrogens is 1. The Morgan fingerprint density at radius 3 is 2.60 bits per heavy atom. The summed E-state index contributed by atoms with van der Waals surface area (Å²) in [4.78, 5) is 18.5. The SMILES string of the molecule is O=C(Nc1ccc(SCc2cccnc2)cc1)C1(c2cccc(F)c2)CCOCC1. The molecule has 4 nitrogen and oxygen atoms in total. The molecule has 30 heavy (non-hydrogen) atoms. The van der Waals surface area contributed by atoms with Gasteiger partial charge in [-0.05, 0) is 66.4 Å². The van der Waals surface area contributed by atoms with Crippen molar-refractivity contribution >= 4 is 23.4 Å². The van der Waals surface area contributed by atoms with E-state index in [0.717, 1.165) is 21.9 Å². The molecule has 0 radical (unpaired) electrons. The minimum Gasteiger partial charge on any atom is -0.381 e. The van der Waals surface area contributed by atoms with Crippen LogP contribution in [0.25, 0.3) is 0 Å². The van der Waals surface area contributed by atoms with Crippen molar-refractivity contribution in [1.29, 1.82) is 0 Å². The summed E-state index contributed by atoms with van der Waals surface area (Å²) in [5, 5.41) is 3.04. The highest BCUT2D eigenvalue weighted by Crippen LogP contribution is 2.36. The molecule has 1 saturated heterocycles. The molecule has 0 saturated carbocycles. The molecular weight excluding hydrogens is 399 g/mol. The lowest BCUT2D eigenvalue weighted by molar-refractivity contribution is -0.125. The molecule has 0 atom stereocenters. The van der Waals surface area contributed by atoms with E-state index in [4.69, 9.17) is 4.74 Å². The first kappa shape index (κ1) is 20.6. The number of carbonyl (C=O) groups is 1. The first-order valence-electron chi connectivity index (χ1n) is 9.93. The van der Waals surface area contributed by atoms with Crippen LogP contribution in [0.5, 0.6) is 0 Å². The average Bonchev–Trinajstić information content (AvgIpc) is 2.80. The Hall–Kier alpha value is -2.70. The maximum absolute atomic E-state index is 13.9.